The Bertz CT molecular complexity index is 1040. The van der Waals surface area contributed by atoms with Crippen LogP contribution in [-0.4, -0.2) is 35.8 Å². The molecule has 3 aromatic rings. The number of carbonyl (C=O) groups is 2. The molecule has 3 rings (SSSR count). The lowest BCUT2D eigenvalue weighted by molar-refractivity contribution is 0.0827. The minimum absolute atomic E-state index is 0.175. The third-order valence-corrected chi connectivity index (χ3v) is 5.29. The Balaban J connectivity index is 1.85. The van der Waals surface area contributed by atoms with E-state index >= 15 is 0 Å². The topological polar surface area (TPSA) is 62.3 Å². The number of halogens is 2. The Morgan fingerprint density at radius 3 is 2.50 bits per heavy atom. The van der Waals surface area contributed by atoms with E-state index in [9.17, 15) is 9.59 Å². The van der Waals surface area contributed by atoms with Crippen LogP contribution >= 0.6 is 34.2 Å². The Morgan fingerprint density at radius 2 is 1.86 bits per heavy atom. The van der Waals surface area contributed by atoms with Gasteiger partial charge in [0.05, 0.1) is 16.3 Å². The average molecular weight is 506 g/mol. The van der Waals surface area contributed by atoms with Gasteiger partial charge in [-0.05, 0) is 71.1 Å². The largest absolute Gasteiger partial charge is 0.345 e. The first kappa shape index (κ1) is 20.3. The first-order valence-electron chi connectivity index (χ1n) is 8.40. The number of rotatable bonds is 4. The number of aromatic nitrogens is 1. The molecule has 0 spiro atoms. The molecule has 0 aliphatic heterocycles. The summed E-state index contributed by atoms with van der Waals surface area (Å²) in [6, 6.07) is 16.0. The number of pyridine rings is 1. The molecule has 0 unspecified atom stereocenters. The fourth-order valence-electron chi connectivity index (χ4n) is 2.61. The predicted molar refractivity (Wildman–Crippen MR) is 120 cm³/mol. The first-order chi connectivity index (χ1) is 13.4. The zero-order valence-electron chi connectivity index (χ0n) is 15.2. The van der Waals surface area contributed by atoms with Crippen LogP contribution in [0.2, 0.25) is 5.02 Å². The third-order valence-electron chi connectivity index (χ3n) is 4.03. The van der Waals surface area contributed by atoms with E-state index in [1.54, 1.807) is 32.4 Å². The lowest BCUT2D eigenvalue weighted by Crippen LogP contribution is -2.22. The van der Waals surface area contributed by atoms with E-state index in [-0.39, 0.29) is 16.8 Å². The molecule has 2 amide bonds. The van der Waals surface area contributed by atoms with Crippen molar-refractivity contribution in [2.24, 2.45) is 0 Å². The molecule has 2 aromatic carbocycles. The van der Waals surface area contributed by atoms with Gasteiger partial charge in [-0.25, -0.2) is 0 Å². The predicted octanol–water partition coefficient (Wildman–Crippen LogP) is 4.96. The van der Waals surface area contributed by atoms with Crippen LogP contribution in [0.3, 0.4) is 0 Å². The molecular weight excluding hydrogens is 489 g/mol. The highest BCUT2D eigenvalue weighted by atomic mass is 127. The van der Waals surface area contributed by atoms with E-state index in [0.717, 1.165) is 14.8 Å². The van der Waals surface area contributed by atoms with Gasteiger partial charge in [-0.15, -0.1) is 0 Å². The fourth-order valence-corrected chi connectivity index (χ4v) is 3.49. The Morgan fingerprint density at radius 1 is 1.07 bits per heavy atom. The number of nitrogens with one attached hydrogen (secondary N) is 1. The second-order valence-electron chi connectivity index (χ2n) is 6.26. The summed E-state index contributed by atoms with van der Waals surface area (Å²) in [4.78, 5) is 30.5. The molecule has 7 heteroatoms. The summed E-state index contributed by atoms with van der Waals surface area (Å²) < 4.78 is 1.03. The molecule has 0 radical (unpaired) electrons. The summed E-state index contributed by atoms with van der Waals surface area (Å²) in [5.74, 6) is -0.520. The fraction of sp³-hybridized carbons (Fsp3) is 0.0952. The molecule has 0 saturated heterocycles. The third kappa shape index (κ3) is 4.51. The molecular formula is C21H17ClIN3O2. The van der Waals surface area contributed by atoms with Gasteiger partial charge >= 0.3 is 0 Å². The summed E-state index contributed by atoms with van der Waals surface area (Å²) >= 11 is 8.49. The second-order valence-corrected chi connectivity index (χ2v) is 7.83. The number of amides is 2. The van der Waals surface area contributed by atoms with Gasteiger partial charge in [-0.3, -0.25) is 14.6 Å². The van der Waals surface area contributed by atoms with Crippen LogP contribution in [0.15, 0.2) is 60.8 Å². The number of carbonyl (C=O) groups excluding carboxylic acids is 2. The van der Waals surface area contributed by atoms with Crippen LogP contribution in [0, 0.1) is 3.57 Å². The van der Waals surface area contributed by atoms with Crippen LogP contribution < -0.4 is 5.32 Å². The van der Waals surface area contributed by atoms with Crippen molar-refractivity contribution in [1.82, 2.24) is 9.88 Å². The smallest absolute Gasteiger partial charge is 0.257 e. The number of anilines is 1. The highest BCUT2D eigenvalue weighted by Gasteiger charge is 2.15. The molecule has 0 saturated carbocycles. The number of hydrogen-bond acceptors (Lipinski definition) is 3. The zero-order chi connectivity index (χ0) is 20.3. The molecule has 0 aliphatic rings. The van der Waals surface area contributed by atoms with Crippen LogP contribution in [0.5, 0.6) is 0 Å². The zero-order valence-corrected chi connectivity index (χ0v) is 18.2. The quantitative estimate of drug-likeness (QED) is 0.510. The normalized spacial score (nSPS) is 10.4. The van der Waals surface area contributed by atoms with E-state index in [2.05, 4.69) is 32.9 Å². The number of benzene rings is 2. The molecule has 1 aromatic heterocycles. The number of nitrogens with zero attached hydrogens (tertiary/aromatic N) is 2. The van der Waals surface area contributed by atoms with Crippen LogP contribution in [-0.2, 0) is 0 Å². The molecule has 5 nitrogen and oxygen atoms in total. The van der Waals surface area contributed by atoms with Gasteiger partial charge in [0.15, 0.2) is 0 Å². The van der Waals surface area contributed by atoms with Crippen molar-refractivity contribution in [2.75, 3.05) is 19.4 Å². The standard InChI is InChI=1S/C21H17ClIN3O2/c1-26(2)21(28)13-6-8-15(17(22)11-13)20(27)25-14-7-9-18(23)16(12-14)19-5-3-4-10-24-19/h3-12H,1-2H3,(H,25,27). The lowest BCUT2D eigenvalue weighted by Gasteiger charge is -2.12. The van der Waals surface area contributed by atoms with Crippen molar-refractivity contribution in [3.05, 3.63) is 80.5 Å². The second kappa shape index (κ2) is 8.70. The van der Waals surface area contributed by atoms with Gasteiger partial charge < -0.3 is 10.2 Å². The summed E-state index contributed by atoms with van der Waals surface area (Å²) in [6.07, 6.45) is 1.73. The van der Waals surface area contributed by atoms with Crippen LogP contribution in [0.25, 0.3) is 11.3 Å². The summed E-state index contributed by atoms with van der Waals surface area (Å²) in [7, 11) is 3.32. The maximum Gasteiger partial charge on any atom is 0.257 e. The summed E-state index contributed by atoms with van der Waals surface area (Å²) in [5.41, 5.74) is 3.12. The molecule has 0 atom stereocenters. The van der Waals surface area contributed by atoms with E-state index in [1.165, 1.54) is 11.0 Å². The monoisotopic (exact) mass is 505 g/mol. The lowest BCUT2D eigenvalue weighted by atomic mass is 10.1. The van der Waals surface area contributed by atoms with Gasteiger partial charge in [-0.2, -0.15) is 0 Å². The van der Waals surface area contributed by atoms with E-state index in [4.69, 9.17) is 11.6 Å². The van der Waals surface area contributed by atoms with Gasteiger partial charge in [-0.1, -0.05) is 17.7 Å². The molecule has 0 aliphatic carbocycles. The van der Waals surface area contributed by atoms with E-state index < -0.39 is 0 Å². The highest BCUT2D eigenvalue weighted by Crippen LogP contribution is 2.27. The first-order valence-corrected chi connectivity index (χ1v) is 9.86. The molecule has 142 valence electrons. The summed E-state index contributed by atoms with van der Waals surface area (Å²) in [6.45, 7) is 0. The minimum Gasteiger partial charge on any atom is -0.345 e. The van der Waals surface area contributed by atoms with E-state index in [1.807, 2.05) is 36.4 Å². The number of hydrogen-bond donors (Lipinski definition) is 1. The van der Waals surface area contributed by atoms with Crippen molar-refractivity contribution < 1.29 is 9.59 Å². The van der Waals surface area contributed by atoms with Crippen molar-refractivity contribution in [1.29, 1.82) is 0 Å². The molecule has 0 bridgehead atoms. The molecule has 0 fully saturated rings. The highest BCUT2D eigenvalue weighted by molar-refractivity contribution is 14.1. The molecule has 1 N–H and O–H groups in total. The van der Waals surface area contributed by atoms with Crippen molar-refractivity contribution in [3.63, 3.8) is 0 Å². The molecule has 28 heavy (non-hydrogen) atoms. The minimum atomic E-state index is -0.345. The van der Waals surface area contributed by atoms with Gasteiger partial charge in [0.2, 0.25) is 0 Å². The van der Waals surface area contributed by atoms with Crippen molar-refractivity contribution in [2.45, 2.75) is 0 Å². The van der Waals surface area contributed by atoms with Gasteiger partial charge in [0, 0.05) is 40.7 Å². The van der Waals surface area contributed by atoms with Gasteiger partial charge in [0.1, 0.15) is 0 Å². The van der Waals surface area contributed by atoms with Crippen LogP contribution in [0.1, 0.15) is 20.7 Å². The van der Waals surface area contributed by atoms with Gasteiger partial charge in [0.25, 0.3) is 11.8 Å². The maximum atomic E-state index is 12.7. The maximum absolute atomic E-state index is 12.7. The van der Waals surface area contributed by atoms with Crippen molar-refractivity contribution in [3.8, 4) is 11.3 Å². The summed E-state index contributed by atoms with van der Waals surface area (Å²) in [5, 5.41) is 3.08. The van der Waals surface area contributed by atoms with Crippen molar-refractivity contribution >= 4 is 51.7 Å². The van der Waals surface area contributed by atoms with E-state index in [0.29, 0.717) is 16.8 Å². The van der Waals surface area contributed by atoms with Crippen LogP contribution in [0.4, 0.5) is 5.69 Å². The SMILES string of the molecule is CN(C)C(=O)c1ccc(C(=O)Nc2ccc(I)c(-c3ccccn3)c2)c(Cl)c1. The Kier molecular flexibility index (Phi) is 6.31. The Labute approximate surface area is 181 Å². The Hall–Kier alpha value is -2.45. The molecule has 1 heterocycles. The average Bonchev–Trinajstić information content (AvgIpc) is 2.69.